The lowest BCUT2D eigenvalue weighted by Gasteiger charge is -2.11. The number of methoxy groups -OCH3 is 2. The molecule has 3 rings (SSSR count). The molecule has 0 radical (unpaired) electrons. The number of ether oxygens (including phenoxy) is 2. The second-order valence-electron chi connectivity index (χ2n) is 5.29. The minimum atomic E-state index is -0.526. The summed E-state index contributed by atoms with van der Waals surface area (Å²) >= 11 is 0. The fourth-order valence-corrected chi connectivity index (χ4v) is 2.30. The number of hydrogen-bond acceptors (Lipinski definition) is 8. The van der Waals surface area contributed by atoms with Crippen molar-refractivity contribution in [1.82, 2.24) is 19.7 Å². The van der Waals surface area contributed by atoms with Crippen LogP contribution in [0.2, 0.25) is 0 Å². The molecule has 0 saturated heterocycles. The van der Waals surface area contributed by atoms with Crippen LogP contribution >= 0.6 is 0 Å². The van der Waals surface area contributed by atoms with E-state index in [1.807, 2.05) is 6.07 Å². The number of hydrogen-bond donors (Lipinski definition) is 1. The molecular formula is C16H16N6O4. The van der Waals surface area contributed by atoms with E-state index in [2.05, 4.69) is 20.4 Å². The number of benzene rings is 1. The molecule has 0 spiro atoms. The van der Waals surface area contributed by atoms with Gasteiger partial charge >= 0.3 is 5.69 Å². The molecule has 0 saturated carbocycles. The van der Waals surface area contributed by atoms with E-state index in [0.29, 0.717) is 23.0 Å². The minimum absolute atomic E-state index is 0.135. The molecule has 26 heavy (non-hydrogen) atoms. The van der Waals surface area contributed by atoms with Gasteiger partial charge in [-0.2, -0.15) is 14.8 Å². The van der Waals surface area contributed by atoms with Gasteiger partial charge in [0.1, 0.15) is 18.2 Å². The smallest absolute Gasteiger partial charge is 0.307 e. The highest BCUT2D eigenvalue weighted by Crippen LogP contribution is 2.31. The number of nitro groups is 1. The lowest BCUT2D eigenvalue weighted by atomic mass is 10.2. The molecule has 0 atom stereocenters. The van der Waals surface area contributed by atoms with Crippen molar-refractivity contribution < 1.29 is 14.4 Å². The van der Waals surface area contributed by atoms with Crippen LogP contribution in [0.1, 0.15) is 5.69 Å². The van der Waals surface area contributed by atoms with Gasteiger partial charge in [-0.1, -0.05) is 0 Å². The van der Waals surface area contributed by atoms with E-state index >= 15 is 0 Å². The van der Waals surface area contributed by atoms with E-state index in [4.69, 9.17) is 9.47 Å². The third-order valence-corrected chi connectivity index (χ3v) is 3.48. The van der Waals surface area contributed by atoms with Crippen LogP contribution in [0.25, 0.3) is 5.95 Å². The number of nitrogens with one attached hydrogen (secondary N) is 1. The average molecular weight is 356 g/mol. The third kappa shape index (κ3) is 3.53. The summed E-state index contributed by atoms with van der Waals surface area (Å²) in [6, 6.07) is 7.11. The minimum Gasteiger partial charge on any atom is -0.493 e. The van der Waals surface area contributed by atoms with Gasteiger partial charge in [0.2, 0.25) is 0 Å². The van der Waals surface area contributed by atoms with Crippen LogP contribution in [0.4, 0.5) is 17.2 Å². The Morgan fingerprint density at radius 1 is 1.15 bits per heavy atom. The SMILES string of the molecule is COc1ccc(Nc2cc(C)nc(-n3cc([N+](=O)[O-])cn3)n2)cc1OC. The fourth-order valence-electron chi connectivity index (χ4n) is 2.30. The monoisotopic (exact) mass is 356 g/mol. The predicted octanol–water partition coefficient (Wildman–Crippen LogP) is 2.64. The van der Waals surface area contributed by atoms with Crippen LogP contribution in [0, 0.1) is 17.0 Å². The molecule has 0 aliphatic heterocycles. The molecule has 0 unspecified atom stereocenters. The van der Waals surface area contributed by atoms with Crippen LogP contribution in [-0.2, 0) is 0 Å². The lowest BCUT2D eigenvalue weighted by molar-refractivity contribution is -0.384. The van der Waals surface area contributed by atoms with E-state index < -0.39 is 4.92 Å². The van der Waals surface area contributed by atoms with Crippen molar-refractivity contribution in [1.29, 1.82) is 0 Å². The summed E-state index contributed by atoms with van der Waals surface area (Å²) in [5, 5.41) is 17.9. The first-order valence-corrected chi connectivity index (χ1v) is 7.54. The van der Waals surface area contributed by atoms with Gasteiger partial charge in [-0.05, 0) is 19.1 Å². The first-order valence-electron chi connectivity index (χ1n) is 7.54. The second kappa shape index (κ2) is 7.05. The normalized spacial score (nSPS) is 10.4. The van der Waals surface area contributed by atoms with Crippen LogP contribution in [0.3, 0.4) is 0 Å². The van der Waals surface area contributed by atoms with Crippen LogP contribution in [-0.4, -0.2) is 38.9 Å². The van der Waals surface area contributed by atoms with Crippen molar-refractivity contribution >= 4 is 17.2 Å². The first-order chi connectivity index (χ1) is 12.5. The topological polar surface area (TPSA) is 117 Å². The number of nitrogens with zero attached hydrogens (tertiary/aromatic N) is 5. The van der Waals surface area contributed by atoms with Crippen molar-refractivity contribution in [3.8, 4) is 17.4 Å². The molecule has 3 aromatic rings. The maximum Gasteiger partial charge on any atom is 0.307 e. The average Bonchev–Trinajstić information content (AvgIpc) is 3.11. The summed E-state index contributed by atoms with van der Waals surface area (Å²) in [5.41, 5.74) is 1.28. The standard InChI is InChI=1S/C16H16N6O4/c1-10-6-15(19-11-4-5-13(25-2)14(7-11)26-3)20-16(18-10)21-9-12(8-17-21)22(23)24/h4-9H,1-3H3,(H,18,19,20). The van der Waals surface area contributed by atoms with Gasteiger partial charge in [0.15, 0.2) is 11.5 Å². The summed E-state index contributed by atoms with van der Waals surface area (Å²) in [4.78, 5) is 18.9. The Labute approximate surface area is 148 Å². The molecule has 10 nitrogen and oxygen atoms in total. The number of aryl methyl sites for hydroxylation is 1. The molecule has 2 aromatic heterocycles. The van der Waals surface area contributed by atoms with Crippen molar-refractivity contribution in [3.05, 3.63) is 52.5 Å². The third-order valence-electron chi connectivity index (χ3n) is 3.48. The van der Waals surface area contributed by atoms with E-state index in [-0.39, 0.29) is 11.6 Å². The van der Waals surface area contributed by atoms with Gasteiger partial charge in [0.25, 0.3) is 5.95 Å². The van der Waals surface area contributed by atoms with Crippen molar-refractivity contribution in [2.24, 2.45) is 0 Å². The highest BCUT2D eigenvalue weighted by atomic mass is 16.6. The number of aromatic nitrogens is 4. The Morgan fingerprint density at radius 2 is 1.92 bits per heavy atom. The molecule has 0 aliphatic carbocycles. The predicted molar refractivity (Wildman–Crippen MR) is 93.4 cm³/mol. The van der Waals surface area contributed by atoms with Gasteiger partial charge in [0, 0.05) is 23.5 Å². The zero-order chi connectivity index (χ0) is 18.7. The second-order valence-corrected chi connectivity index (χ2v) is 5.29. The number of rotatable bonds is 6. The van der Waals surface area contributed by atoms with E-state index in [1.165, 1.54) is 10.9 Å². The Kier molecular flexibility index (Phi) is 4.65. The fraction of sp³-hybridized carbons (Fsp3) is 0.188. The van der Waals surface area contributed by atoms with Gasteiger partial charge in [-0.15, -0.1) is 0 Å². The van der Waals surface area contributed by atoms with E-state index in [9.17, 15) is 10.1 Å². The Hall–Kier alpha value is -3.69. The molecule has 2 heterocycles. The largest absolute Gasteiger partial charge is 0.493 e. The van der Waals surface area contributed by atoms with Crippen molar-refractivity contribution in [2.45, 2.75) is 6.92 Å². The quantitative estimate of drug-likeness (QED) is 0.529. The lowest BCUT2D eigenvalue weighted by Crippen LogP contribution is -2.05. The molecule has 1 aromatic carbocycles. The first kappa shape index (κ1) is 17.1. The summed E-state index contributed by atoms with van der Waals surface area (Å²) < 4.78 is 11.7. The Balaban J connectivity index is 1.91. The summed E-state index contributed by atoms with van der Waals surface area (Å²) in [6.45, 7) is 1.79. The molecular weight excluding hydrogens is 340 g/mol. The maximum atomic E-state index is 10.8. The molecule has 0 amide bonds. The molecule has 0 aliphatic rings. The van der Waals surface area contributed by atoms with Crippen molar-refractivity contribution in [2.75, 3.05) is 19.5 Å². The molecule has 0 fully saturated rings. The Bertz CT molecular complexity index is 956. The zero-order valence-corrected chi connectivity index (χ0v) is 14.3. The van der Waals surface area contributed by atoms with E-state index in [0.717, 1.165) is 11.9 Å². The maximum absolute atomic E-state index is 10.8. The highest BCUT2D eigenvalue weighted by molar-refractivity contribution is 5.61. The summed E-state index contributed by atoms with van der Waals surface area (Å²) in [7, 11) is 3.12. The van der Waals surface area contributed by atoms with E-state index in [1.54, 1.807) is 39.3 Å². The number of anilines is 2. The Morgan fingerprint density at radius 3 is 2.58 bits per heavy atom. The zero-order valence-electron chi connectivity index (χ0n) is 14.3. The van der Waals surface area contributed by atoms with Crippen LogP contribution in [0.5, 0.6) is 11.5 Å². The van der Waals surface area contributed by atoms with Crippen molar-refractivity contribution in [3.63, 3.8) is 0 Å². The highest BCUT2D eigenvalue weighted by Gasteiger charge is 2.13. The van der Waals surface area contributed by atoms with Gasteiger partial charge < -0.3 is 14.8 Å². The van der Waals surface area contributed by atoms with Gasteiger partial charge in [-0.25, -0.2) is 4.98 Å². The molecule has 0 bridgehead atoms. The molecule has 10 heteroatoms. The van der Waals surface area contributed by atoms with Crippen LogP contribution < -0.4 is 14.8 Å². The summed E-state index contributed by atoms with van der Waals surface area (Å²) in [5.74, 6) is 1.92. The molecule has 134 valence electrons. The van der Waals surface area contributed by atoms with Crippen LogP contribution in [0.15, 0.2) is 36.7 Å². The van der Waals surface area contributed by atoms with Gasteiger partial charge in [0.05, 0.1) is 19.1 Å². The molecule has 1 N–H and O–H groups in total. The summed E-state index contributed by atoms with van der Waals surface area (Å²) in [6.07, 6.45) is 2.40. The van der Waals surface area contributed by atoms with Gasteiger partial charge in [-0.3, -0.25) is 10.1 Å².